The number of carbonyl (C=O) groups is 1. The molecule has 1 aliphatic rings. The van der Waals surface area contributed by atoms with Crippen molar-refractivity contribution in [3.05, 3.63) is 22.8 Å². The molecule has 19 heavy (non-hydrogen) atoms. The van der Waals surface area contributed by atoms with Crippen LogP contribution in [0.5, 0.6) is 0 Å². The summed E-state index contributed by atoms with van der Waals surface area (Å²) in [7, 11) is 0. The van der Waals surface area contributed by atoms with Gasteiger partial charge < -0.3 is 10.4 Å². The van der Waals surface area contributed by atoms with Gasteiger partial charge in [-0.05, 0) is 30.9 Å². The Hall–Kier alpha value is -1.29. The molecule has 1 aliphatic carbocycles. The molecular formula is C14H19ClN2O2. The maximum atomic E-state index is 11.0. The van der Waals surface area contributed by atoms with Crippen LogP contribution in [-0.2, 0) is 0 Å². The average Bonchev–Trinajstić information content (AvgIpc) is 2.38. The summed E-state index contributed by atoms with van der Waals surface area (Å²) < 4.78 is 0. The Balaban J connectivity index is 2.15. The van der Waals surface area contributed by atoms with Gasteiger partial charge in [0.15, 0.2) is 0 Å². The first-order valence-corrected chi connectivity index (χ1v) is 7.15. The number of carboxylic acids is 1. The largest absolute Gasteiger partial charge is 0.478 e. The maximum Gasteiger partial charge on any atom is 0.335 e. The summed E-state index contributed by atoms with van der Waals surface area (Å²) >= 11 is 5.87. The van der Waals surface area contributed by atoms with E-state index in [1.54, 1.807) is 6.07 Å². The summed E-state index contributed by atoms with van der Waals surface area (Å²) in [5.74, 6) is 0.209. The monoisotopic (exact) mass is 282 g/mol. The molecule has 0 saturated heterocycles. The number of halogens is 1. The quantitative estimate of drug-likeness (QED) is 0.824. The van der Waals surface area contributed by atoms with Crippen LogP contribution in [0.2, 0.25) is 5.15 Å². The van der Waals surface area contributed by atoms with Gasteiger partial charge in [0.1, 0.15) is 11.0 Å². The molecule has 0 spiro atoms. The molecule has 2 unspecified atom stereocenters. The van der Waals surface area contributed by atoms with Crippen molar-refractivity contribution in [3.63, 3.8) is 0 Å². The second kappa shape index (κ2) is 6.24. The fraction of sp³-hybridized carbons (Fsp3) is 0.571. The van der Waals surface area contributed by atoms with Crippen molar-refractivity contribution in [1.82, 2.24) is 4.98 Å². The van der Waals surface area contributed by atoms with Crippen molar-refractivity contribution >= 4 is 23.4 Å². The number of pyridine rings is 1. The zero-order valence-electron chi connectivity index (χ0n) is 11.0. The lowest BCUT2D eigenvalue weighted by molar-refractivity contribution is 0.0697. The van der Waals surface area contributed by atoms with Crippen molar-refractivity contribution in [3.8, 4) is 0 Å². The second-order valence-electron chi connectivity index (χ2n) is 5.07. The minimum atomic E-state index is -0.983. The Morgan fingerprint density at radius 2 is 2.21 bits per heavy atom. The molecule has 0 aliphatic heterocycles. The number of aromatic carboxylic acids is 1. The highest BCUT2D eigenvalue weighted by Crippen LogP contribution is 2.29. The average molecular weight is 283 g/mol. The van der Waals surface area contributed by atoms with Crippen molar-refractivity contribution in [2.45, 2.75) is 45.1 Å². The molecular weight excluding hydrogens is 264 g/mol. The number of rotatable bonds is 4. The molecule has 1 aromatic heterocycles. The lowest BCUT2D eigenvalue weighted by Gasteiger charge is -2.32. The number of nitrogens with one attached hydrogen (secondary N) is 1. The van der Waals surface area contributed by atoms with Crippen molar-refractivity contribution in [2.75, 3.05) is 5.32 Å². The van der Waals surface area contributed by atoms with E-state index in [0.717, 1.165) is 12.8 Å². The van der Waals surface area contributed by atoms with E-state index in [0.29, 0.717) is 17.8 Å². The molecule has 1 aromatic rings. The first-order valence-electron chi connectivity index (χ1n) is 6.77. The Bertz CT molecular complexity index is 465. The number of hydrogen-bond acceptors (Lipinski definition) is 3. The van der Waals surface area contributed by atoms with Crippen molar-refractivity contribution in [1.29, 1.82) is 0 Å². The molecule has 2 N–H and O–H groups in total. The summed E-state index contributed by atoms with van der Waals surface area (Å²) in [6, 6.07) is 3.29. The Labute approximate surface area is 118 Å². The fourth-order valence-corrected chi connectivity index (χ4v) is 2.98. The van der Waals surface area contributed by atoms with Crippen LogP contribution in [-0.4, -0.2) is 22.1 Å². The molecule has 1 saturated carbocycles. The van der Waals surface area contributed by atoms with E-state index in [9.17, 15) is 4.79 Å². The lowest BCUT2D eigenvalue weighted by Crippen LogP contribution is -2.32. The molecule has 0 bridgehead atoms. The van der Waals surface area contributed by atoms with Crippen LogP contribution in [0, 0.1) is 5.92 Å². The predicted molar refractivity (Wildman–Crippen MR) is 75.9 cm³/mol. The van der Waals surface area contributed by atoms with Gasteiger partial charge in [-0.2, -0.15) is 0 Å². The third-order valence-corrected chi connectivity index (χ3v) is 4.00. The first-order chi connectivity index (χ1) is 9.10. The Kier molecular flexibility index (Phi) is 4.64. The molecule has 5 heteroatoms. The maximum absolute atomic E-state index is 11.0. The van der Waals surface area contributed by atoms with Crippen LogP contribution in [0.1, 0.15) is 49.4 Å². The SMILES string of the molecule is CCC1CCCCC1Nc1cc(C(=O)O)cc(Cl)n1. The minimum Gasteiger partial charge on any atom is -0.478 e. The van der Waals surface area contributed by atoms with Gasteiger partial charge >= 0.3 is 5.97 Å². The van der Waals surface area contributed by atoms with Crippen molar-refractivity contribution in [2.24, 2.45) is 5.92 Å². The Morgan fingerprint density at radius 3 is 2.89 bits per heavy atom. The van der Waals surface area contributed by atoms with Gasteiger partial charge in [0.2, 0.25) is 0 Å². The zero-order chi connectivity index (χ0) is 13.8. The molecule has 1 heterocycles. The van der Waals surface area contributed by atoms with Gasteiger partial charge in [-0.1, -0.05) is 37.8 Å². The van der Waals surface area contributed by atoms with Gasteiger partial charge in [0.25, 0.3) is 0 Å². The molecule has 0 amide bonds. The summed E-state index contributed by atoms with van der Waals surface area (Å²) in [5.41, 5.74) is 0.173. The smallest absolute Gasteiger partial charge is 0.335 e. The molecule has 0 radical (unpaired) electrons. The molecule has 0 aromatic carbocycles. The van der Waals surface area contributed by atoms with E-state index in [1.807, 2.05) is 0 Å². The van der Waals surface area contributed by atoms with Crippen LogP contribution in [0.25, 0.3) is 0 Å². The van der Waals surface area contributed by atoms with E-state index >= 15 is 0 Å². The predicted octanol–water partition coefficient (Wildman–Crippen LogP) is 3.81. The molecule has 4 nitrogen and oxygen atoms in total. The van der Waals surface area contributed by atoms with Crippen LogP contribution >= 0.6 is 11.6 Å². The standard InChI is InChI=1S/C14H19ClN2O2/c1-2-9-5-3-4-6-11(9)16-13-8-10(14(18)19)7-12(15)17-13/h7-9,11H,2-6H2,1H3,(H,16,17)(H,18,19). The lowest BCUT2D eigenvalue weighted by atomic mass is 9.83. The molecule has 2 atom stereocenters. The third-order valence-electron chi connectivity index (χ3n) is 3.81. The summed E-state index contributed by atoms with van der Waals surface area (Å²) in [6.45, 7) is 2.19. The van der Waals surface area contributed by atoms with Crippen molar-refractivity contribution < 1.29 is 9.90 Å². The van der Waals surface area contributed by atoms with Gasteiger partial charge in [-0.3, -0.25) is 0 Å². The molecule has 1 fully saturated rings. The number of anilines is 1. The van der Waals surface area contributed by atoms with Crippen LogP contribution < -0.4 is 5.32 Å². The van der Waals surface area contributed by atoms with Gasteiger partial charge in [-0.25, -0.2) is 9.78 Å². The van der Waals surface area contributed by atoms with Gasteiger partial charge in [-0.15, -0.1) is 0 Å². The highest BCUT2D eigenvalue weighted by atomic mass is 35.5. The summed E-state index contributed by atoms with van der Waals surface area (Å²) in [6.07, 6.45) is 5.94. The van der Waals surface area contributed by atoms with Gasteiger partial charge in [0.05, 0.1) is 5.56 Å². The number of aromatic nitrogens is 1. The number of carboxylic acid groups (broad SMARTS) is 1. The van der Waals surface area contributed by atoms with E-state index in [4.69, 9.17) is 16.7 Å². The van der Waals surface area contributed by atoms with Gasteiger partial charge in [0, 0.05) is 6.04 Å². The zero-order valence-corrected chi connectivity index (χ0v) is 11.8. The highest BCUT2D eigenvalue weighted by molar-refractivity contribution is 6.29. The van der Waals surface area contributed by atoms with Crippen LogP contribution in [0.15, 0.2) is 12.1 Å². The third kappa shape index (κ3) is 3.60. The minimum absolute atomic E-state index is 0.173. The Morgan fingerprint density at radius 1 is 1.47 bits per heavy atom. The van der Waals surface area contributed by atoms with E-state index in [1.165, 1.54) is 25.3 Å². The van der Waals surface area contributed by atoms with E-state index in [-0.39, 0.29) is 10.7 Å². The summed E-state index contributed by atoms with van der Waals surface area (Å²) in [4.78, 5) is 15.2. The second-order valence-corrected chi connectivity index (χ2v) is 5.46. The highest BCUT2D eigenvalue weighted by Gasteiger charge is 2.24. The molecule has 104 valence electrons. The van der Waals surface area contributed by atoms with E-state index < -0.39 is 5.97 Å². The van der Waals surface area contributed by atoms with Crippen LogP contribution in [0.3, 0.4) is 0 Å². The number of nitrogens with zero attached hydrogens (tertiary/aromatic N) is 1. The first kappa shape index (κ1) is 14.1. The molecule has 2 rings (SSSR count). The van der Waals surface area contributed by atoms with E-state index in [2.05, 4.69) is 17.2 Å². The van der Waals surface area contributed by atoms with Crippen LogP contribution in [0.4, 0.5) is 5.82 Å². The number of hydrogen-bond donors (Lipinski definition) is 2. The summed E-state index contributed by atoms with van der Waals surface area (Å²) in [5, 5.41) is 12.6. The normalized spacial score (nSPS) is 23.1. The fourth-order valence-electron chi connectivity index (χ4n) is 2.77. The topological polar surface area (TPSA) is 62.2 Å².